The van der Waals surface area contributed by atoms with E-state index in [-0.39, 0.29) is 29.8 Å². The van der Waals surface area contributed by atoms with E-state index in [2.05, 4.69) is 10.5 Å². The number of aromatic hydroxyl groups is 1. The molecule has 3 N–H and O–H groups in total. The number of benzene rings is 1. The van der Waals surface area contributed by atoms with Crippen molar-refractivity contribution in [2.24, 2.45) is 5.16 Å². The Balaban J connectivity index is 1.93. The topological polar surface area (TPSA) is 81.9 Å². The van der Waals surface area contributed by atoms with E-state index in [9.17, 15) is 9.90 Å². The molecule has 0 aromatic heterocycles. The van der Waals surface area contributed by atoms with Crippen LogP contribution in [0.1, 0.15) is 12.0 Å². The minimum absolute atomic E-state index is 0.0985. The van der Waals surface area contributed by atoms with Crippen LogP contribution >= 0.6 is 10.2 Å². The summed E-state index contributed by atoms with van der Waals surface area (Å²) in [6.07, 6.45) is 1.21. The van der Waals surface area contributed by atoms with Crippen LogP contribution in [0, 0.1) is 0 Å². The summed E-state index contributed by atoms with van der Waals surface area (Å²) in [5.41, 5.74) is 0.913. The molecule has 1 amide bonds. The predicted octanol–water partition coefficient (Wildman–Crippen LogP) is 1.42. The molecular weight excluding hydrogens is 343 g/mol. The van der Waals surface area contributed by atoms with Gasteiger partial charge in [-0.25, -0.2) is 0 Å². The molecule has 1 aliphatic heterocycles. The quantitative estimate of drug-likeness (QED) is 0.329. The minimum atomic E-state index is -0.312. The number of carbonyl (C=O) groups excluding carboxylic acids is 1. The van der Waals surface area contributed by atoms with Crippen molar-refractivity contribution in [3.8, 4) is 5.75 Å². The van der Waals surface area contributed by atoms with Crippen molar-refractivity contribution in [3.05, 3.63) is 29.8 Å². The summed E-state index contributed by atoms with van der Waals surface area (Å²) < 4.78 is 0. The van der Waals surface area contributed by atoms with Crippen molar-refractivity contribution in [1.29, 1.82) is 0 Å². The van der Waals surface area contributed by atoms with Gasteiger partial charge in [-0.2, -0.15) is 0 Å². The number of hydrogen-bond donors (Lipinski definition) is 3. The summed E-state index contributed by atoms with van der Waals surface area (Å²) in [6.45, 7) is 0. The molecule has 1 saturated heterocycles. The van der Waals surface area contributed by atoms with Crippen molar-refractivity contribution >= 4 is 35.6 Å². The standard InChI is InChI=1S/C13H16N2O3SSe/c16-11-3-1-9(2-4-11)7-12(15-18)13(17)14-10-5-6-19-20-8-10/h1-4,10,16,18H,5-8H2,(H,14,17)/b15-12+. The first-order valence-electron chi connectivity index (χ1n) is 6.23. The molecule has 20 heavy (non-hydrogen) atoms. The molecule has 1 aromatic carbocycles. The third kappa shape index (κ3) is 4.44. The van der Waals surface area contributed by atoms with Gasteiger partial charge in [0.2, 0.25) is 0 Å². The van der Waals surface area contributed by atoms with Gasteiger partial charge in [0.25, 0.3) is 0 Å². The van der Waals surface area contributed by atoms with Crippen molar-refractivity contribution in [2.75, 3.05) is 5.75 Å². The summed E-state index contributed by atoms with van der Waals surface area (Å²) in [5, 5.41) is 25.3. The van der Waals surface area contributed by atoms with Crippen molar-refractivity contribution in [3.63, 3.8) is 0 Å². The van der Waals surface area contributed by atoms with E-state index >= 15 is 0 Å². The van der Waals surface area contributed by atoms with Gasteiger partial charge in [0.1, 0.15) is 0 Å². The molecule has 1 aromatic rings. The van der Waals surface area contributed by atoms with Gasteiger partial charge in [0.05, 0.1) is 0 Å². The van der Waals surface area contributed by atoms with Crippen LogP contribution in [0.15, 0.2) is 29.4 Å². The molecule has 5 nitrogen and oxygen atoms in total. The van der Waals surface area contributed by atoms with Gasteiger partial charge in [-0.3, -0.25) is 0 Å². The molecule has 1 fully saturated rings. The molecule has 0 bridgehead atoms. The molecule has 0 saturated carbocycles. The molecule has 7 heteroatoms. The van der Waals surface area contributed by atoms with Crippen LogP contribution in [0.25, 0.3) is 0 Å². The summed E-state index contributed by atoms with van der Waals surface area (Å²) in [7, 11) is 1.95. The number of nitrogens with zero attached hydrogens (tertiary/aromatic N) is 1. The Labute approximate surface area is 127 Å². The normalized spacial score (nSPS) is 19.6. The zero-order valence-electron chi connectivity index (χ0n) is 10.8. The van der Waals surface area contributed by atoms with E-state index in [1.165, 1.54) is 0 Å². The molecule has 0 radical (unpaired) electrons. The second kappa shape index (κ2) is 7.57. The van der Waals surface area contributed by atoms with E-state index in [1.807, 2.05) is 10.2 Å². The van der Waals surface area contributed by atoms with E-state index in [0.29, 0.717) is 13.8 Å². The van der Waals surface area contributed by atoms with E-state index in [0.717, 1.165) is 23.1 Å². The number of phenols is 1. The Hall–Kier alpha value is -1.17. The first-order chi connectivity index (χ1) is 9.69. The monoisotopic (exact) mass is 360 g/mol. The Morgan fingerprint density at radius 3 is 2.80 bits per heavy atom. The zero-order valence-corrected chi connectivity index (χ0v) is 13.3. The fourth-order valence-electron chi connectivity index (χ4n) is 1.81. The molecule has 0 aliphatic carbocycles. The Bertz CT molecular complexity index is 487. The first kappa shape index (κ1) is 15.2. The second-order valence-electron chi connectivity index (χ2n) is 4.46. The molecule has 1 unspecified atom stereocenters. The molecule has 2 rings (SSSR count). The SMILES string of the molecule is O=C(NC1CCS[Se]C1)/C(Cc1ccc(O)cc1)=N/O. The van der Waals surface area contributed by atoms with Gasteiger partial charge >= 0.3 is 127 Å². The van der Waals surface area contributed by atoms with Crippen molar-refractivity contribution in [2.45, 2.75) is 24.2 Å². The third-order valence-electron chi connectivity index (χ3n) is 2.93. The summed E-state index contributed by atoms with van der Waals surface area (Å²) in [4.78, 5) is 12.1. The van der Waals surface area contributed by atoms with Crippen molar-refractivity contribution < 1.29 is 15.1 Å². The number of rotatable bonds is 4. The van der Waals surface area contributed by atoms with Crippen LogP contribution in [0.5, 0.6) is 5.75 Å². The number of phenolic OH excluding ortho intramolecular Hbond substituents is 1. The zero-order chi connectivity index (χ0) is 14.4. The van der Waals surface area contributed by atoms with E-state index in [1.54, 1.807) is 24.3 Å². The fraction of sp³-hybridized carbons (Fsp3) is 0.385. The summed E-state index contributed by atoms with van der Waals surface area (Å²) in [6, 6.07) is 6.69. The van der Waals surface area contributed by atoms with Gasteiger partial charge in [0.15, 0.2) is 0 Å². The fourth-order valence-corrected chi connectivity index (χ4v) is 6.08. The molecule has 1 atom stereocenters. The molecular formula is C13H16N2O3SSe. The van der Waals surface area contributed by atoms with Crippen LogP contribution in [0.4, 0.5) is 0 Å². The summed E-state index contributed by atoms with van der Waals surface area (Å²) >= 11 is 0.531. The molecule has 108 valence electrons. The van der Waals surface area contributed by atoms with Crippen LogP contribution in [0.2, 0.25) is 5.32 Å². The maximum atomic E-state index is 12.1. The van der Waals surface area contributed by atoms with Crippen LogP contribution in [-0.4, -0.2) is 47.6 Å². The number of nitrogens with one attached hydrogen (secondary N) is 1. The van der Waals surface area contributed by atoms with Gasteiger partial charge in [0, 0.05) is 0 Å². The third-order valence-corrected chi connectivity index (χ3v) is 7.43. The van der Waals surface area contributed by atoms with Gasteiger partial charge in [-0.05, 0) is 0 Å². The maximum absolute atomic E-state index is 12.1. The van der Waals surface area contributed by atoms with E-state index in [4.69, 9.17) is 5.21 Å². The Morgan fingerprint density at radius 2 is 2.20 bits per heavy atom. The van der Waals surface area contributed by atoms with Crippen LogP contribution in [0.3, 0.4) is 0 Å². The van der Waals surface area contributed by atoms with Crippen LogP contribution in [-0.2, 0) is 11.2 Å². The van der Waals surface area contributed by atoms with Crippen LogP contribution < -0.4 is 5.32 Å². The first-order valence-corrected chi connectivity index (χ1v) is 10.4. The average molecular weight is 359 g/mol. The number of carbonyl (C=O) groups is 1. The van der Waals surface area contributed by atoms with Gasteiger partial charge in [-0.15, -0.1) is 0 Å². The Kier molecular flexibility index (Phi) is 5.76. The number of oxime groups is 1. The Morgan fingerprint density at radius 1 is 1.45 bits per heavy atom. The van der Waals surface area contributed by atoms with Gasteiger partial charge in [-0.1, -0.05) is 0 Å². The predicted molar refractivity (Wildman–Crippen MR) is 80.6 cm³/mol. The van der Waals surface area contributed by atoms with E-state index < -0.39 is 0 Å². The molecule has 1 heterocycles. The van der Waals surface area contributed by atoms with Crippen molar-refractivity contribution in [1.82, 2.24) is 5.32 Å². The number of amides is 1. The second-order valence-corrected chi connectivity index (χ2v) is 9.00. The average Bonchev–Trinajstić information content (AvgIpc) is 2.47. The molecule has 1 aliphatic rings. The molecule has 0 spiro atoms. The number of hydrogen-bond acceptors (Lipinski definition) is 5. The van der Waals surface area contributed by atoms with Gasteiger partial charge < -0.3 is 0 Å². The summed E-state index contributed by atoms with van der Waals surface area (Å²) in [5.74, 6) is 0.935.